The Morgan fingerprint density at radius 2 is 0.870 bits per heavy atom. The summed E-state index contributed by atoms with van der Waals surface area (Å²) in [5.74, 6) is 0.666. The normalized spacial score (nSPS) is 11.1. The van der Waals surface area contributed by atoms with Gasteiger partial charge in [0.2, 0.25) is 0 Å². The summed E-state index contributed by atoms with van der Waals surface area (Å²) in [7, 11) is 0. The minimum atomic E-state index is 0.666. The van der Waals surface area contributed by atoms with E-state index in [0.717, 1.165) is 72.4 Å². The molecule has 3 nitrogen and oxygen atoms in total. The molecule has 3 heteroatoms. The van der Waals surface area contributed by atoms with Gasteiger partial charge in [-0.1, -0.05) is 159 Å². The van der Waals surface area contributed by atoms with E-state index in [0.29, 0.717) is 5.82 Å². The van der Waals surface area contributed by atoms with Crippen molar-refractivity contribution < 1.29 is 0 Å². The standard InChI is InChI=1S/C51H35N3/c1-3-43-44(4-2)47-27-26-39(31-48(47)46-21-9-8-20-45(43)46)37-15-11-18-41(30-37)51-53-49(36-24-22-35(23-25-36)34-13-6-5-7-14-34)32-50(54-51)40-17-10-16-38(29-40)42-19-12-28-52-33-42/h3-33H,1-2H2. The first-order valence-electron chi connectivity index (χ1n) is 18.1. The van der Waals surface area contributed by atoms with Crippen molar-refractivity contribution in [3.8, 4) is 67.3 Å². The number of rotatable bonds is 8. The third-order valence-electron chi connectivity index (χ3n) is 10.1. The first kappa shape index (κ1) is 32.7. The predicted molar refractivity (Wildman–Crippen MR) is 228 cm³/mol. The maximum absolute atomic E-state index is 5.22. The van der Waals surface area contributed by atoms with Crippen LogP contribution in [0, 0.1) is 0 Å². The number of nitrogens with zero attached hydrogens (tertiary/aromatic N) is 3. The van der Waals surface area contributed by atoms with Gasteiger partial charge in [0, 0.05) is 34.6 Å². The summed E-state index contributed by atoms with van der Waals surface area (Å²) in [6.45, 7) is 8.28. The van der Waals surface area contributed by atoms with Crippen LogP contribution in [-0.4, -0.2) is 15.0 Å². The lowest BCUT2D eigenvalue weighted by atomic mass is 9.89. The summed E-state index contributed by atoms with van der Waals surface area (Å²) in [6, 6.07) is 57.4. The van der Waals surface area contributed by atoms with Gasteiger partial charge in [0.15, 0.2) is 5.82 Å². The molecule has 0 spiro atoms. The molecule has 0 aliphatic carbocycles. The number of fused-ring (bicyclic) bond motifs is 3. The van der Waals surface area contributed by atoms with Crippen LogP contribution in [0.1, 0.15) is 11.1 Å². The molecule has 0 unspecified atom stereocenters. The summed E-state index contributed by atoms with van der Waals surface area (Å²) >= 11 is 0. The lowest BCUT2D eigenvalue weighted by Crippen LogP contribution is -1.96. The van der Waals surface area contributed by atoms with Crippen LogP contribution in [0.25, 0.3) is 101 Å². The summed E-state index contributed by atoms with van der Waals surface area (Å²) in [4.78, 5) is 14.8. The second-order valence-electron chi connectivity index (χ2n) is 13.4. The zero-order valence-corrected chi connectivity index (χ0v) is 29.7. The molecule has 54 heavy (non-hydrogen) atoms. The molecule has 0 fully saturated rings. The average molecular weight is 690 g/mol. The highest BCUT2D eigenvalue weighted by Gasteiger charge is 2.15. The lowest BCUT2D eigenvalue weighted by Gasteiger charge is -2.15. The Bertz CT molecular complexity index is 2840. The van der Waals surface area contributed by atoms with E-state index in [1.54, 1.807) is 6.20 Å². The molecule has 0 atom stereocenters. The van der Waals surface area contributed by atoms with E-state index in [-0.39, 0.29) is 0 Å². The molecule has 0 saturated carbocycles. The second kappa shape index (κ2) is 14.1. The molecular formula is C51H35N3. The minimum Gasteiger partial charge on any atom is -0.264 e. The summed E-state index contributed by atoms with van der Waals surface area (Å²) in [5.41, 5.74) is 13.6. The Kier molecular flexibility index (Phi) is 8.51. The van der Waals surface area contributed by atoms with Crippen LogP contribution in [0.15, 0.2) is 189 Å². The topological polar surface area (TPSA) is 38.7 Å². The molecule has 0 bridgehead atoms. The van der Waals surface area contributed by atoms with Crippen molar-refractivity contribution >= 4 is 33.7 Å². The van der Waals surface area contributed by atoms with Crippen molar-refractivity contribution in [1.29, 1.82) is 0 Å². The van der Waals surface area contributed by atoms with Crippen molar-refractivity contribution in [2.75, 3.05) is 0 Å². The third-order valence-corrected chi connectivity index (χ3v) is 10.1. The van der Waals surface area contributed by atoms with Gasteiger partial charge in [0.25, 0.3) is 0 Å². The van der Waals surface area contributed by atoms with Crippen molar-refractivity contribution in [1.82, 2.24) is 15.0 Å². The smallest absolute Gasteiger partial charge is 0.160 e. The van der Waals surface area contributed by atoms with Gasteiger partial charge in [-0.2, -0.15) is 0 Å². The highest BCUT2D eigenvalue weighted by Crippen LogP contribution is 2.38. The van der Waals surface area contributed by atoms with E-state index in [2.05, 4.69) is 170 Å². The first-order valence-corrected chi connectivity index (χ1v) is 18.1. The maximum atomic E-state index is 5.22. The zero-order valence-electron chi connectivity index (χ0n) is 29.7. The number of aromatic nitrogens is 3. The van der Waals surface area contributed by atoms with Gasteiger partial charge in [-0.25, -0.2) is 9.97 Å². The van der Waals surface area contributed by atoms with Crippen molar-refractivity contribution in [2.24, 2.45) is 0 Å². The highest BCUT2D eigenvalue weighted by molar-refractivity contribution is 6.15. The molecule has 0 aliphatic heterocycles. The Morgan fingerprint density at radius 1 is 0.352 bits per heavy atom. The van der Waals surface area contributed by atoms with Crippen LogP contribution in [0.2, 0.25) is 0 Å². The molecule has 0 saturated heterocycles. The van der Waals surface area contributed by atoms with Crippen molar-refractivity contribution in [3.05, 3.63) is 200 Å². The van der Waals surface area contributed by atoms with Crippen molar-refractivity contribution in [3.63, 3.8) is 0 Å². The maximum Gasteiger partial charge on any atom is 0.160 e. The van der Waals surface area contributed by atoms with E-state index in [9.17, 15) is 0 Å². The minimum absolute atomic E-state index is 0.666. The predicted octanol–water partition coefficient (Wildman–Crippen LogP) is 13.5. The van der Waals surface area contributed by atoms with Crippen LogP contribution >= 0.6 is 0 Å². The fourth-order valence-electron chi connectivity index (χ4n) is 7.43. The number of benzene rings is 7. The van der Waals surface area contributed by atoms with Crippen LogP contribution < -0.4 is 0 Å². The lowest BCUT2D eigenvalue weighted by molar-refractivity contribution is 1.18. The van der Waals surface area contributed by atoms with Crippen molar-refractivity contribution in [2.45, 2.75) is 0 Å². The van der Waals surface area contributed by atoms with Crippen LogP contribution in [0.5, 0.6) is 0 Å². The van der Waals surface area contributed by atoms with Gasteiger partial charge < -0.3 is 0 Å². The van der Waals surface area contributed by atoms with Gasteiger partial charge in [0.1, 0.15) is 0 Å². The fraction of sp³-hybridized carbons (Fsp3) is 0. The van der Waals surface area contributed by atoms with Gasteiger partial charge in [-0.05, 0) is 90.8 Å². The van der Waals surface area contributed by atoms with Crippen LogP contribution in [0.4, 0.5) is 0 Å². The highest BCUT2D eigenvalue weighted by atomic mass is 14.9. The number of hydrogen-bond acceptors (Lipinski definition) is 3. The SMILES string of the molecule is C=Cc1c(C=C)c2ccc(-c3cccc(-c4nc(-c5ccc(-c6ccccc6)cc5)cc(-c5cccc(-c6cccnc6)c5)n4)c3)cc2c2ccccc12. The molecule has 2 heterocycles. The Morgan fingerprint density at radius 3 is 1.59 bits per heavy atom. The molecule has 0 amide bonds. The van der Waals surface area contributed by atoms with E-state index in [1.807, 2.05) is 30.5 Å². The fourth-order valence-corrected chi connectivity index (χ4v) is 7.43. The molecule has 254 valence electrons. The molecule has 0 radical (unpaired) electrons. The molecule has 9 rings (SSSR count). The Hall–Kier alpha value is -7.23. The first-order chi connectivity index (χ1) is 26.7. The van der Waals surface area contributed by atoms with Gasteiger partial charge in [0.05, 0.1) is 11.4 Å². The summed E-state index contributed by atoms with van der Waals surface area (Å²) in [6.07, 6.45) is 7.56. The summed E-state index contributed by atoms with van der Waals surface area (Å²) in [5, 5.41) is 4.70. The van der Waals surface area contributed by atoms with Gasteiger partial charge >= 0.3 is 0 Å². The van der Waals surface area contributed by atoms with E-state index < -0.39 is 0 Å². The van der Waals surface area contributed by atoms with E-state index in [4.69, 9.17) is 9.97 Å². The zero-order chi connectivity index (χ0) is 36.4. The van der Waals surface area contributed by atoms with Crippen LogP contribution in [0.3, 0.4) is 0 Å². The molecule has 0 aliphatic rings. The quantitative estimate of drug-likeness (QED) is 0.149. The number of hydrogen-bond donors (Lipinski definition) is 0. The Labute approximate surface area is 315 Å². The summed E-state index contributed by atoms with van der Waals surface area (Å²) < 4.78 is 0. The molecule has 7 aromatic carbocycles. The molecule has 2 aromatic heterocycles. The molecule has 9 aromatic rings. The second-order valence-corrected chi connectivity index (χ2v) is 13.4. The number of pyridine rings is 1. The van der Waals surface area contributed by atoms with E-state index in [1.165, 1.54) is 21.7 Å². The average Bonchev–Trinajstić information content (AvgIpc) is 3.26. The Balaban J connectivity index is 1.17. The monoisotopic (exact) mass is 689 g/mol. The van der Waals surface area contributed by atoms with Crippen LogP contribution in [-0.2, 0) is 0 Å². The third kappa shape index (κ3) is 6.08. The molecular weight excluding hydrogens is 655 g/mol. The molecule has 0 N–H and O–H groups in total. The largest absolute Gasteiger partial charge is 0.264 e. The van der Waals surface area contributed by atoms with Gasteiger partial charge in [-0.15, -0.1) is 0 Å². The van der Waals surface area contributed by atoms with Gasteiger partial charge in [-0.3, -0.25) is 4.98 Å². The van der Waals surface area contributed by atoms with E-state index >= 15 is 0 Å².